The van der Waals surface area contributed by atoms with Crippen molar-refractivity contribution in [3.8, 4) is 11.8 Å². The number of hydrogen-bond acceptors (Lipinski definition) is 3. The van der Waals surface area contributed by atoms with Gasteiger partial charge in [0.1, 0.15) is 11.9 Å². The van der Waals surface area contributed by atoms with Crippen LogP contribution >= 0.6 is 11.9 Å². The van der Waals surface area contributed by atoms with Crippen LogP contribution in [-0.2, 0) is 6.54 Å². The standard InChI is InChI=1S/C24H27F4N3S/c1-5-8-10-20-19-12-11-18(25)16-22(19)31(14-7-3)23(20)21(9-6-2)29-13-15-32-30-17(4)24(26,27)28/h6,9,11-13,15-17,30H,5,7,14H2,1-4H3/b9-6-,15-13+,29-21+/t17-/m1/s1. The maximum Gasteiger partial charge on any atom is 0.404 e. The maximum atomic E-state index is 14.0. The summed E-state index contributed by atoms with van der Waals surface area (Å²) in [5.41, 5.74) is 2.85. The van der Waals surface area contributed by atoms with Crippen LogP contribution in [0.5, 0.6) is 0 Å². The maximum absolute atomic E-state index is 14.0. The fraction of sp³-hybridized carbons (Fsp3) is 0.375. The molecule has 3 nitrogen and oxygen atoms in total. The van der Waals surface area contributed by atoms with E-state index >= 15 is 0 Å². The molecule has 0 fully saturated rings. The third kappa shape index (κ3) is 6.50. The summed E-state index contributed by atoms with van der Waals surface area (Å²) in [6.45, 7) is 7.53. The van der Waals surface area contributed by atoms with Gasteiger partial charge in [0.25, 0.3) is 0 Å². The first kappa shape index (κ1) is 25.8. The van der Waals surface area contributed by atoms with E-state index in [1.807, 2.05) is 37.5 Å². The normalized spacial score (nSPS) is 13.8. The summed E-state index contributed by atoms with van der Waals surface area (Å²) < 4.78 is 56.2. The van der Waals surface area contributed by atoms with E-state index in [9.17, 15) is 17.6 Å². The van der Waals surface area contributed by atoms with E-state index in [1.54, 1.807) is 6.07 Å². The van der Waals surface area contributed by atoms with Gasteiger partial charge in [-0.05, 0) is 44.5 Å². The van der Waals surface area contributed by atoms with E-state index in [-0.39, 0.29) is 5.82 Å². The van der Waals surface area contributed by atoms with Gasteiger partial charge in [-0.15, -0.1) is 0 Å². The van der Waals surface area contributed by atoms with Crippen LogP contribution in [0.4, 0.5) is 17.6 Å². The second kappa shape index (κ2) is 11.9. The molecule has 1 atom stereocenters. The molecule has 0 aliphatic rings. The van der Waals surface area contributed by atoms with Crippen LogP contribution in [-0.4, -0.2) is 22.5 Å². The van der Waals surface area contributed by atoms with E-state index in [0.29, 0.717) is 18.7 Å². The third-order valence-electron chi connectivity index (χ3n) is 4.51. The predicted octanol–water partition coefficient (Wildman–Crippen LogP) is 6.98. The first-order valence-corrected chi connectivity index (χ1v) is 11.3. The molecule has 32 heavy (non-hydrogen) atoms. The smallest absolute Gasteiger partial charge is 0.338 e. The van der Waals surface area contributed by atoms with Crippen LogP contribution in [0.2, 0.25) is 0 Å². The van der Waals surface area contributed by atoms with Gasteiger partial charge in [-0.3, -0.25) is 4.99 Å². The van der Waals surface area contributed by atoms with Gasteiger partial charge in [0, 0.05) is 30.0 Å². The molecular formula is C24H27F4N3S. The molecule has 1 N–H and O–H groups in total. The summed E-state index contributed by atoms with van der Waals surface area (Å²) in [5.74, 6) is 5.96. The Morgan fingerprint density at radius 2 is 2.06 bits per heavy atom. The Morgan fingerprint density at radius 1 is 1.31 bits per heavy atom. The summed E-state index contributed by atoms with van der Waals surface area (Å²) in [6, 6.07) is 2.99. The van der Waals surface area contributed by atoms with Crippen molar-refractivity contribution in [2.45, 2.75) is 59.3 Å². The number of halogens is 4. The number of alkyl halides is 3. The Bertz CT molecular complexity index is 1070. The Balaban J connectivity index is 2.55. The van der Waals surface area contributed by atoms with Crippen molar-refractivity contribution in [2.75, 3.05) is 0 Å². The number of aliphatic imine (C=N–C) groups is 1. The highest BCUT2D eigenvalue weighted by atomic mass is 32.2. The molecule has 0 aliphatic carbocycles. The molecule has 1 aromatic carbocycles. The van der Waals surface area contributed by atoms with E-state index in [1.165, 1.54) is 23.7 Å². The van der Waals surface area contributed by atoms with Crippen LogP contribution < -0.4 is 4.72 Å². The van der Waals surface area contributed by atoms with Crippen molar-refractivity contribution >= 4 is 28.6 Å². The minimum absolute atomic E-state index is 0.334. The fourth-order valence-corrected chi connectivity index (χ4v) is 3.58. The zero-order valence-electron chi connectivity index (χ0n) is 18.6. The number of aromatic nitrogens is 1. The molecule has 0 saturated heterocycles. The molecule has 0 unspecified atom stereocenters. The predicted molar refractivity (Wildman–Crippen MR) is 126 cm³/mol. The van der Waals surface area contributed by atoms with Gasteiger partial charge in [-0.1, -0.05) is 43.7 Å². The lowest BCUT2D eigenvalue weighted by atomic mass is 10.1. The van der Waals surface area contributed by atoms with Crippen molar-refractivity contribution in [3.05, 3.63) is 59.0 Å². The van der Waals surface area contributed by atoms with E-state index < -0.39 is 12.2 Å². The molecule has 0 saturated carbocycles. The molecule has 0 bridgehead atoms. The zero-order valence-corrected chi connectivity index (χ0v) is 19.4. The minimum Gasteiger partial charge on any atom is -0.338 e. The Morgan fingerprint density at radius 3 is 2.69 bits per heavy atom. The van der Waals surface area contributed by atoms with Crippen molar-refractivity contribution in [2.24, 2.45) is 4.99 Å². The fourth-order valence-electron chi connectivity index (χ4n) is 3.04. The van der Waals surface area contributed by atoms with Crippen molar-refractivity contribution in [3.63, 3.8) is 0 Å². The number of nitrogens with one attached hydrogen (secondary N) is 1. The molecule has 1 heterocycles. The Hall–Kier alpha value is -2.50. The number of fused-ring (bicyclic) bond motifs is 1. The molecule has 172 valence electrons. The monoisotopic (exact) mass is 465 g/mol. The lowest BCUT2D eigenvalue weighted by Crippen LogP contribution is -2.35. The Labute approximate surface area is 190 Å². The number of nitrogens with zero attached hydrogens (tertiary/aromatic N) is 2. The number of benzene rings is 1. The molecule has 2 rings (SSSR count). The Kier molecular flexibility index (Phi) is 9.60. The van der Waals surface area contributed by atoms with Crippen molar-refractivity contribution < 1.29 is 17.6 Å². The van der Waals surface area contributed by atoms with Gasteiger partial charge < -0.3 is 4.57 Å². The van der Waals surface area contributed by atoms with Gasteiger partial charge in [0.05, 0.1) is 22.5 Å². The van der Waals surface area contributed by atoms with Crippen LogP contribution in [0, 0.1) is 17.7 Å². The molecule has 2 aromatic rings. The zero-order chi connectivity index (χ0) is 23.7. The summed E-state index contributed by atoms with van der Waals surface area (Å²) in [5, 5.41) is 2.29. The van der Waals surface area contributed by atoms with Crippen LogP contribution in [0.1, 0.15) is 51.8 Å². The van der Waals surface area contributed by atoms with Gasteiger partial charge in [0.2, 0.25) is 0 Å². The largest absolute Gasteiger partial charge is 0.404 e. The number of rotatable bonds is 8. The SMILES string of the molecule is C\C=C/C(=N\C=C\SN[C@H](C)C(F)(F)F)c1c(C#CCC)c2ccc(F)cc2n1CCC. The summed E-state index contributed by atoms with van der Waals surface area (Å²) in [4.78, 5) is 4.50. The first-order valence-electron chi connectivity index (χ1n) is 10.4. The van der Waals surface area contributed by atoms with Gasteiger partial charge in [-0.25, -0.2) is 9.11 Å². The highest BCUT2D eigenvalue weighted by Gasteiger charge is 2.35. The summed E-state index contributed by atoms with van der Waals surface area (Å²) in [6.07, 6.45) is 2.26. The number of aryl methyl sites for hydroxylation is 1. The second-order valence-corrected chi connectivity index (χ2v) is 7.73. The molecule has 1 aromatic heterocycles. The number of hydrogen-bond donors (Lipinski definition) is 1. The van der Waals surface area contributed by atoms with Gasteiger partial charge >= 0.3 is 6.18 Å². The first-order chi connectivity index (χ1) is 15.2. The van der Waals surface area contributed by atoms with Gasteiger partial charge in [-0.2, -0.15) is 13.2 Å². The quantitative estimate of drug-likeness (QED) is 0.197. The average Bonchev–Trinajstić information content (AvgIpc) is 3.03. The van der Waals surface area contributed by atoms with Crippen LogP contribution in [0.3, 0.4) is 0 Å². The molecule has 8 heteroatoms. The molecule has 0 aliphatic heterocycles. The summed E-state index contributed by atoms with van der Waals surface area (Å²) >= 11 is 0.817. The van der Waals surface area contributed by atoms with Crippen LogP contribution in [0.15, 0.2) is 47.0 Å². The lowest BCUT2D eigenvalue weighted by Gasteiger charge is -2.14. The highest BCUT2D eigenvalue weighted by molar-refractivity contribution is 8.00. The number of allylic oxidation sites excluding steroid dienone is 2. The van der Waals surface area contributed by atoms with Crippen molar-refractivity contribution in [1.29, 1.82) is 0 Å². The van der Waals surface area contributed by atoms with Gasteiger partial charge in [0.15, 0.2) is 0 Å². The molecular weight excluding hydrogens is 438 g/mol. The summed E-state index contributed by atoms with van der Waals surface area (Å²) in [7, 11) is 0. The third-order valence-corrected chi connectivity index (χ3v) is 5.26. The van der Waals surface area contributed by atoms with E-state index in [4.69, 9.17) is 0 Å². The molecule has 0 radical (unpaired) electrons. The lowest BCUT2D eigenvalue weighted by molar-refractivity contribution is -0.146. The van der Waals surface area contributed by atoms with E-state index in [2.05, 4.69) is 21.6 Å². The second-order valence-electron chi connectivity index (χ2n) is 6.99. The molecule has 0 spiro atoms. The minimum atomic E-state index is -4.32. The average molecular weight is 466 g/mol. The molecule has 0 amide bonds. The topological polar surface area (TPSA) is 29.3 Å². The van der Waals surface area contributed by atoms with Crippen molar-refractivity contribution in [1.82, 2.24) is 9.29 Å². The van der Waals surface area contributed by atoms with Crippen LogP contribution in [0.25, 0.3) is 10.9 Å². The highest BCUT2D eigenvalue weighted by Crippen LogP contribution is 2.28. The van der Waals surface area contributed by atoms with E-state index in [0.717, 1.165) is 47.5 Å².